The van der Waals surface area contributed by atoms with Crippen LogP contribution in [0.1, 0.15) is 32.1 Å². The van der Waals surface area contributed by atoms with Gasteiger partial charge >= 0.3 is 11.8 Å². The smallest absolute Gasteiger partial charge is 0.316 e. The summed E-state index contributed by atoms with van der Waals surface area (Å²) in [6.07, 6.45) is 6.57. The summed E-state index contributed by atoms with van der Waals surface area (Å²) >= 11 is 0. The average molecular weight is 237 g/mol. The lowest BCUT2D eigenvalue weighted by Gasteiger charge is -2.22. The van der Waals surface area contributed by atoms with E-state index in [4.69, 9.17) is 0 Å². The van der Waals surface area contributed by atoms with Gasteiger partial charge in [0.05, 0.1) is 0 Å². The zero-order chi connectivity index (χ0) is 12.1. The highest BCUT2D eigenvalue weighted by molar-refractivity contribution is 6.39. The number of H-pyrrole nitrogens is 1. The quantitative estimate of drug-likeness (QED) is 0.639. The van der Waals surface area contributed by atoms with E-state index in [9.17, 15) is 9.59 Å². The molecule has 92 valence electrons. The molecule has 1 aromatic heterocycles. The molecule has 3 N–H and O–H groups in total. The van der Waals surface area contributed by atoms with E-state index in [1.54, 1.807) is 0 Å². The van der Waals surface area contributed by atoms with Gasteiger partial charge in [-0.1, -0.05) is 19.3 Å². The van der Waals surface area contributed by atoms with Crippen LogP contribution in [0.5, 0.6) is 0 Å². The van der Waals surface area contributed by atoms with Gasteiger partial charge in [-0.25, -0.2) is 5.10 Å². The monoisotopic (exact) mass is 237 g/mol. The number of hydrogen-bond donors (Lipinski definition) is 3. The Kier molecular flexibility index (Phi) is 3.69. The van der Waals surface area contributed by atoms with Gasteiger partial charge in [-0.15, -0.1) is 0 Å². The summed E-state index contributed by atoms with van der Waals surface area (Å²) < 4.78 is 0. The van der Waals surface area contributed by atoms with Gasteiger partial charge in [0.25, 0.3) is 0 Å². The third-order valence-corrected chi connectivity index (χ3v) is 2.79. The van der Waals surface area contributed by atoms with E-state index in [0.717, 1.165) is 25.7 Å². The lowest BCUT2D eigenvalue weighted by atomic mass is 9.95. The van der Waals surface area contributed by atoms with Crippen LogP contribution >= 0.6 is 0 Å². The third kappa shape index (κ3) is 3.27. The Morgan fingerprint density at radius 1 is 1.24 bits per heavy atom. The van der Waals surface area contributed by atoms with Crippen LogP contribution in [0.4, 0.5) is 5.95 Å². The summed E-state index contributed by atoms with van der Waals surface area (Å²) in [5, 5.41) is 11.1. The van der Waals surface area contributed by atoms with E-state index in [1.165, 1.54) is 12.7 Å². The molecule has 0 aromatic carbocycles. The molecule has 1 fully saturated rings. The van der Waals surface area contributed by atoms with Gasteiger partial charge in [-0.3, -0.25) is 14.9 Å². The Balaban J connectivity index is 1.80. The second-order valence-corrected chi connectivity index (χ2v) is 4.10. The van der Waals surface area contributed by atoms with Gasteiger partial charge in [0.15, 0.2) is 0 Å². The molecule has 0 aliphatic heterocycles. The minimum absolute atomic E-state index is 0.122. The predicted octanol–water partition coefficient (Wildman–Crippen LogP) is 0.192. The molecule has 0 spiro atoms. The molecule has 17 heavy (non-hydrogen) atoms. The van der Waals surface area contributed by atoms with Crippen molar-refractivity contribution in [3.63, 3.8) is 0 Å². The number of rotatable bonds is 2. The van der Waals surface area contributed by atoms with Crippen molar-refractivity contribution in [3.05, 3.63) is 6.33 Å². The molecule has 0 radical (unpaired) electrons. The molecule has 2 rings (SSSR count). The molecule has 7 heteroatoms. The molecular formula is C10H15N5O2. The SMILES string of the molecule is O=C(Nc1ncn[nH]1)C(=O)NC1CCCCC1. The number of hydrogen-bond acceptors (Lipinski definition) is 4. The first-order valence-corrected chi connectivity index (χ1v) is 5.73. The number of nitrogens with one attached hydrogen (secondary N) is 3. The Labute approximate surface area is 98.4 Å². The lowest BCUT2D eigenvalue weighted by Crippen LogP contribution is -2.42. The van der Waals surface area contributed by atoms with E-state index in [1.807, 2.05) is 0 Å². The zero-order valence-electron chi connectivity index (χ0n) is 9.40. The minimum atomic E-state index is -0.715. The van der Waals surface area contributed by atoms with Crippen molar-refractivity contribution in [3.8, 4) is 0 Å². The maximum Gasteiger partial charge on any atom is 0.316 e. The Hall–Kier alpha value is -1.92. The van der Waals surface area contributed by atoms with Crippen LogP contribution in [-0.4, -0.2) is 33.0 Å². The Morgan fingerprint density at radius 3 is 2.65 bits per heavy atom. The van der Waals surface area contributed by atoms with Gasteiger partial charge in [-0.2, -0.15) is 10.1 Å². The summed E-state index contributed by atoms with van der Waals surface area (Å²) in [6.45, 7) is 0. The van der Waals surface area contributed by atoms with Crippen LogP contribution < -0.4 is 10.6 Å². The normalized spacial score (nSPS) is 16.5. The van der Waals surface area contributed by atoms with E-state index in [2.05, 4.69) is 25.8 Å². The van der Waals surface area contributed by atoms with Gasteiger partial charge in [0, 0.05) is 6.04 Å². The van der Waals surface area contributed by atoms with Crippen molar-refractivity contribution in [2.75, 3.05) is 5.32 Å². The highest BCUT2D eigenvalue weighted by Gasteiger charge is 2.20. The highest BCUT2D eigenvalue weighted by atomic mass is 16.2. The maximum atomic E-state index is 11.6. The van der Waals surface area contributed by atoms with Crippen molar-refractivity contribution in [1.82, 2.24) is 20.5 Å². The number of carbonyl (C=O) groups is 2. The second kappa shape index (κ2) is 5.42. The average Bonchev–Trinajstić information content (AvgIpc) is 2.83. The fourth-order valence-corrected chi connectivity index (χ4v) is 1.93. The second-order valence-electron chi connectivity index (χ2n) is 4.10. The molecule has 1 aliphatic rings. The van der Waals surface area contributed by atoms with E-state index in [0.29, 0.717) is 0 Å². The standard InChI is InChI=1S/C10H15N5O2/c16-8(13-7-4-2-1-3-5-7)9(17)14-10-11-6-12-15-10/h6-7H,1-5H2,(H,13,16)(H2,11,12,14,15,17). The number of aromatic amines is 1. The van der Waals surface area contributed by atoms with Crippen LogP contribution in [-0.2, 0) is 9.59 Å². The van der Waals surface area contributed by atoms with Crippen molar-refractivity contribution in [2.24, 2.45) is 0 Å². The molecule has 0 saturated heterocycles. The van der Waals surface area contributed by atoms with Gasteiger partial charge in [0.1, 0.15) is 6.33 Å². The van der Waals surface area contributed by atoms with Crippen molar-refractivity contribution < 1.29 is 9.59 Å². The summed E-state index contributed by atoms with van der Waals surface area (Å²) in [7, 11) is 0. The molecule has 7 nitrogen and oxygen atoms in total. The zero-order valence-corrected chi connectivity index (χ0v) is 9.40. The molecule has 1 aliphatic carbocycles. The fourth-order valence-electron chi connectivity index (χ4n) is 1.93. The first kappa shape index (κ1) is 11.6. The highest BCUT2D eigenvalue weighted by Crippen LogP contribution is 2.17. The van der Waals surface area contributed by atoms with Crippen LogP contribution in [0.25, 0.3) is 0 Å². The van der Waals surface area contributed by atoms with Gasteiger partial charge in [-0.05, 0) is 12.8 Å². The molecular weight excluding hydrogens is 222 g/mol. The summed E-state index contributed by atoms with van der Waals surface area (Å²) in [5.74, 6) is -1.16. The molecule has 1 saturated carbocycles. The summed E-state index contributed by atoms with van der Waals surface area (Å²) in [6, 6.07) is 0.122. The molecule has 1 aromatic rings. The molecule has 1 heterocycles. The number of aromatic nitrogens is 3. The minimum Gasteiger partial charge on any atom is -0.345 e. The predicted molar refractivity (Wildman–Crippen MR) is 60.0 cm³/mol. The van der Waals surface area contributed by atoms with Crippen LogP contribution in [0.3, 0.4) is 0 Å². The summed E-state index contributed by atoms with van der Waals surface area (Å²) in [5.41, 5.74) is 0. The number of carbonyl (C=O) groups excluding carboxylic acids is 2. The first-order valence-electron chi connectivity index (χ1n) is 5.73. The third-order valence-electron chi connectivity index (χ3n) is 2.79. The fraction of sp³-hybridized carbons (Fsp3) is 0.600. The van der Waals surface area contributed by atoms with Crippen molar-refractivity contribution in [1.29, 1.82) is 0 Å². The molecule has 2 amide bonds. The largest absolute Gasteiger partial charge is 0.345 e. The maximum absolute atomic E-state index is 11.6. The van der Waals surface area contributed by atoms with Crippen LogP contribution in [0.15, 0.2) is 6.33 Å². The van der Waals surface area contributed by atoms with Crippen molar-refractivity contribution in [2.45, 2.75) is 38.1 Å². The number of amides is 2. The Morgan fingerprint density at radius 2 is 2.00 bits per heavy atom. The number of anilines is 1. The lowest BCUT2D eigenvalue weighted by molar-refractivity contribution is -0.136. The number of nitrogens with zero attached hydrogens (tertiary/aromatic N) is 2. The van der Waals surface area contributed by atoms with Crippen molar-refractivity contribution >= 4 is 17.8 Å². The van der Waals surface area contributed by atoms with Gasteiger partial charge < -0.3 is 5.32 Å². The molecule has 0 unspecified atom stereocenters. The van der Waals surface area contributed by atoms with Crippen LogP contribution in [0, 0.1) is 0 Å². The molecule has 0 atom stereocenters. The first-order chi connectivity index (χ1) is 8.25. The topological polar surface area (TPSA) is 99.8 Å². The van der Waals surface area contributed by atoms with Crippen LogP contribution in [0.2, 0.25) is 0 Å². The van der Waals surface area contributed by atoms with E-state index >= 15 is 0 Å². The van der Waals surface area contributed by atoms with E-state index < -0.39 is 11.8 Å². The summed E-state index contributed by atoms with van der Waals surface area (Å²) in [4.78, 5) is 26.7. The van der Waals surface area contributed by atoms with E-state index in [-0.39, 0.29) is 12.0 Å². The Bertz CT molecular complexity index is 383. The molecule has 0 bridgehead atoms. The van der Waals surface area contributed by atoms with Gasteiger partial charge in [0.2, 0.25) is 5.95 Å².